The minimum Gasteiger partial charge on any atom is -0.456 e. The molecule has 0 aliphatic heterocycles. The zero-order chi connectivity index (χ0) is 37.8. The molecule has 0 aliphatic rings. The quantitative estimate of drug-likeness (QED) is 0.186. The van der Waals surface area contributed by atoms with Crippen molar-refractivity contribution in [2.45, 2.75) is 0 Å². The van der Waals surface area contributed by atoms with Crippen molar-refractivity contribution in [3.8, 4) is 39.9 Å². The van der Waals surface area contributed by atoms with Crippen LogP contribution in [-0.4, -0.2) is 19.5 Å². The molecule has 0 aliphatic carbocycles. The smallest absolute Gasteiger partial charge is 0.164 e. The van der Waals surface area contributed by atoms with Crippen LogP contribution in [0.15, 0.2) is 162 Å². The van der Waals surface area contributed by atoms with Crippen molar-refractivity contribution in [1.29, 1.82) is 0 Å². The van der Waals surface area contributed by atoms with Gasteiger partial charge in [-0.2, -0.15) is 0 Å². The summed E-state index contributed by atoms with van der Waals surface area (Å²) in [6.07, 6.45) is 0. The van der Waals surface area contributed by atoms with Gasteiger partial charge >= 0.3 is 0 Å². The molecule has 11 rings (SSSR count). The molecule has 0 bridgehead atoms. The molecular formula is C45H26N4OS. The summed E-state index contributed by atoms with van der Waals surface area (Å²) in [5.74, 6) is 0.583. The Kier molecular flexibility index (Phi) is 5.08. The van der Waals surface area contributed by atoms with E-state index in [2.05, 4.69) is 77.4 Å². The molecule has 238 valence electrons. The van der Waals surface area contributed by atoms with Gasteiger partial charge in [-0.15, -0.1) is 11.3 Å². The topological polar surface area (TPSA) is 56.7 Å². The van der Waals surface area contributed by atoms with Crippen LogP contribution in [0.25, 0.3) is 104 Å². The number of aromatic nitrogens is 4. The molecule has 51 heavy (non-hydrogen) atoms. The lowest BCUT2D eigenvalue weighted by atomic mass is 10.0. The first kappa shape index (κ1) is 23.7. The second kappa shape index (κ2) is 10.9. The highest BCUT2D eigenvalue weighted by molar-refractivity contribution is 7.26. The summed E-state index contributed by atoms with van der Waals surface area (Å²) in [7, 11) is 0. The molecule has 6 heteroatoms. The predicted molar refractivity (Wildman–Crippen MR) is 211 cm³/mol. The molecule has 0 atom stereocenters. The summed E-state index contributed by atoms with van der Waals surface area (Å²) in [5, 5.41) is 6.02. The van der Waals surface area contributed by atoms with Crippen molar-refractivity contribution in [3.63, 3.8) is 0 Å². The van der Waals surface area contributed by atoms with E-state index >= 15 is 0 Å². The van der Waals surface area contributed by atoms with E-state index in [0.717, 1.165) is 53.2 Å². The van der Waals surface area contributed by atoms with Crippen LogP contribution in [0, 0.1) is 0 Å². The second-order valence-corrected chi connectivity index (χ2v) is 13.4. The minimum absolute atomic E-state index is 0.0192. The van der Waals surface area contributed by atoms with Crippen LogP contribution in [0.1, 0.15) is 6.85 Å². The number of para-hydroxylation sites is 3. The normalized spacial score (nSPS) is 13.3. The lowest BCUT2D eigenvalue weighted by Gasteiger charge is -2.11. The van der Waals surface area contributed by atoms with Crippen LogP contribution in [-0.2, 0) is 0 Å². The Balaban J connectivity index is 1.22. The number of rotatable bonds is 4. The van der Waals surface area contributed by atoms with Gasteiger partial charge < -0.3 is 8.98 Å². The van der Waals surface area contributed by atoms with E-state index in [1.54, 1.807) is 11.3 Å². The van der Waals surface area contributed by atoms with Crippen LogP contribution >= 0.6 is 11.3 Å². The van der Waals surface area contributed by atoms with Gasteiger partial charge in [-0.1, -0.05) is 121 Å². The molecule has 0 saturated carbocycles. The maximum absolute atomic E-state index is 8.87. The van der Waals surface area contributed by atoms with Gasteiger partial charge in [0.2, 0.25) is 0 Å². The fraction of sp³-hybridized carbons (Fsp3) is 0. The first-order valence-corrected chi connectivity index (χ1v) is 17.4. The highest BCUT2D eigenvalue weighted by atomic mass is 32.1. The van der Waals surface area contributed by atoms with E-state index in [4.69, 9.17) is 26.2 Å². The summed E-state index contributed by atoms with van der Waals surface area (Å²) in [4.78, 5) is 14.9. The zero-order valence-electron chi connectivity index (χ0n) is 31.7. The fourth-order valence-electron chi connectivity index (χ4n) is 7.43. The Morgan fingerprint density at radius 1 is 0.510 bits per heavy atom. The summed E-state index contributed by atoms with van der Waals surface area (Å²) >= 11 is 1.69. The van der Waals surface area contributed by atoms with Crippen molar-refractivity contribution >= 4 is 75.3 Å². The molecule has 0 unspecified atom stereocenters. The molecule has 0 radical (unpaired) electrons. The van der Waals surface area contributed by atoms with E-state index < -0.39 is 18.1 Å². The third-order valence-corrected chi connectivity index (χ3v) is 10.8. The lowest BCUT2D eigenvalue weighted by Crippen LogP contribution is -2.00. The predicted octanol–water partition coefficient (Wildman–Crippen LogP) is 12.2. The third-order valence-electron chi connectivity index (χ3n) is 9.57. The number of thiophene rings is 1. The molecule has 11 aromatic rings. The molecule has 5 nitrogen and oxygen atoms in total. The average molecular weight is 676 g/mol. The van der Waals surface area contributed by atoms with Crippen LogP contribution in [0.5, 0.6) is 0 Å². The molecule has 4 aromatic heterocycles. The summed E-state index contributed by atoms with van der Waals surface area (Å²) in [6, 6.07) is 40.6. The SMILES string of the molecule is [2H]c1c([2H])c([2H])c(-c2nc(-c3cccc4oc5ccccc5c34)nc(-c3cccc4sc5c(-n6c7ccccc7c7ccccc76)cccc5c34)n2)c([2H])c1[2H]. The number of furan rings is 1. The van der Waals surface area contributed by atoms with E-state index in [1.807, 2.05) is 54.6 Å². The molecule has 7 aromatic carbocycles. The molecule has 0 fully saturated rings. The molecule has 0 amide bonds. The fourth-order valence-corrected chi connectivity index (χ4v) is 8.66. The van der Waals surface area contributed by atoms with Gasteiger partial charge in [-0.05, 0) is 36.4 Å². The van der Waals surface area contributed by atoms with Crippen LogP contribution in [0.3, 0.4) is 0 Å². The van der Waals surface area contributed by atoms with Crippen molar-refractivity contribution in [2.75, 3.05) is 0 Å². The number of hydrogen-bond acceptors (Lipinski definition) is 5. The summed E-state index contributed by atoms with van der Waals surface area (Å²) < 4.78 is 53.6. The monoisotopic (exact) mass is 675 g/mol. The molecule has 0 saturated heterocycles. The highest BCUT2D eigenvalue weighted by Gasteiger charge is 2.21. The van der Waals surface area contributed by atoms with E-state index in [-0.39, 0.29) is 29.3 Å². The first-order chi connectivity index (χ1) is 27.4. The van der Waals surface area contributed by atoms with E-state index in [0.29, 0.717) is 22.6 Å². The number of benzene rings is 7. The Labute approximate surface area is 302 Å². The van der Waals surface area contributed by atoms with Crippen molar-refractivity contribution in [1.82, 2.24) is 19.5 Å². The number of nitrogens with zero attached hydrogens (tertiary/aromatic N) is 4. The Morgan fingerprint density at radius 2 is 1.10 bits per heavy atom. The van der Waals surface area contributed by atoms with Gasteiger partial charge in [-0.3, -0.25) is 0 Å². The lowest BCUT2D eigenvalue weighted by molar-refractivity contribution is 0.669. The van der Waals surface area contributed by atoms with Crippen molar-refractivity contribution in [2.24, 2.45) is 0 Å². The minimum atomic E-state index is -0.485. The first-order valence-electron chi connectivity index (χ1n) is 19.0. The zero-order valence-corrected chi connectivity index (χ0v) is 27.5. The van der Waals surface area contributed by atoms with Gasteiger partial charge in [0, 0.05) is 53.7 Å². The highest BCUT2D eigenvalue weighted by Crippen LogP contribution is 2.44. The molecule has 0 N–H and O–H groups in total. The Morgan fingerprint density at radius 3 is 1.86 bits per heavy atom. The molecule has 0 spiro atoms. The van der Waals surface area contributed by atoms with Gasteiger partial charge in [0.05, 0.1) is 28.3 Å². The second-order valence-electron chi connectivity index (χ2n) is 12.4. The molecular weight excluding hydrogens is 645 g/mol. The van der Waals surface area contributed by atoms with Crippen molar-refractivity contribution < 1.29 is 11.3 Å². The van der Waals surface area contributed by atoms with E-state index in [1.165, 1.54) is 10.8 Å². The average Bonchev–Trinajstić information content (AvgIpc) is 3.92. The largest absolute Gasteiger partial charge is 0.456 e. The molecule has 4 heterocycles. The van der Waals surface area contributed by atoms with Crippen LogP contribution < -0.4 is 0 Å². The number of hydrogen-bond donors (Lipinski definition) is 0. The van der Waals surface area contributed by atoms with Crippen LogP contribution in [0.2, 0.25) is 0 Å². The van der Waals surface area contributed by atoms with Gasteiger partial charge in [0.1, 0.15) is 11.2 Å². The van der Waals surface area contributed by atoms with Gasteiger partial charge in [0.15, 0.2) is 17.5 Å². The third kappa shape index (κ3) is 4.24. The van der Waals surface area contributed by atoms with Crippen molar-refractivity contribution in [3.05, 3.63) is 158 Å². The summed E-state index contributed by atoms with van der Waals surface area (Å²) in [6.45, 7) is 0. The van der Waals surface area contributed by atoms with Crippen LogP contribution in [0.4, 0.5) is 0 Å². The number of fused-ring (bicyclic) bond motifs is 9. The Bertz CT molecular complexity index is 3380. The standard InChI is InChI=1S/C45H26N4OS/c1-2-13-27(14-3-1)43-46-44(32-19-11-25-38-40(32)30-17-6-9-24-37(30)50-38)48-45(47-43)33-20-12-26-39-41(33)31-18-10-23-36(42(31)51-39)49-34-21-7-4-15-28(34)29-16-5-8-22-35(29)49/h1-26H/i1D,2D,3D,13D,14D. The van der Waals surface area contributed by atoms with Gasteiger partial charge in [-0.25, -0.2) is 15.0 Å². The summed E-state index contributed by atoms with van der Waals surface area (Å²) in [5.41, 5.74) is 5.95. The maximum atomic E-state index is 8.87. The van der Waals surface area contributed by atoms with E-state index in [9.17, 15) is 0 Å². The maximum Gasteiger partial charge on any atom is 0.164 e. The Hall–Kier alpha value is -6.63. The van der Waals surface area contributed by atoms with Gasteiger partial charge in [0.25, 0.3) is 0 Å².